The monoisotopic (exact) mass is 418 g/mol. The summed E-state index contributed by atoms with van der Waals surface area (Å²) in [6, 6.07) is 5.25. The predicted molar refractivity (Wildman–Crippen MR) is 96.6 cm³/mol. The van der Waals surface area contributed by atoms with Gasteiger partial charge in [0.1, 0.15) is 12.7 Å². The molecule has 8 heteroatoms. The number of benzene rings is 1. The van der Waals surface area contributed by atoms with Crippen molar-refractivity contribution in [2.24, 2.45) is 0 Å². The number of aromatic nitrogens is 2. The third-order valence-electron chi connectivity index (χ3n) is 4.86. The van der Waals surface area contributed by atoms with Crippen molar-refractivity contribution in [2.75, 3.05) is 18.4 Å². The van der Waals surface area contributed by atoms with Crippen molar-refractivity contribution in [2.45, 2.75) is 24.9 Å². The Labute approximate surface area is 158 Å². The van der Waals surface area contributed by atoms with E-state index >= 15 is 0 Å². The van der Waals surface area contributed by atoms with Crippen LogP contribution in [0.5, 0.6) is 0 Å². The highest BCUT2D eigenvalue weighted by Crippen LogP contribution is 2.54. The molecule has 1 aliphatic heterocycles. The van der Waals surface area contributed by atoms with Gasteiger partial charge in [-0.3, -0.25) is 14.9 Å². The predicted octanol–water partition coefficient (Wildman–Crippen LogP) is 2.62. The summed E-state index contributed by atoms with van der Waals surface area (Å²) in [5, 5.41) is 2.57. The third kappa shape index (κ3) is 2.88. The minimum Gasteiger partial charge on any atom is -0.328 e. The molecule has 134 valence electrons. The molecule has 2 heterocycles. The van der Waals surface area contributed by atoms with Crippen LogP contribution in [0.2, 0.25) is 0 Å². The summed E-state index contributed by atoms with van der Waals surface area (Å²) in [6.45, 7) is 1.87. The summed E-state index contributed by atoms with van der Waals surface area (Å²) in [6.07, 6.45) is 2.54. The number of rotatable bonds is 3. The summed E-state index contributed by atoms with van der Waals surface area (Å²) in [5.41, 5.74) is 1.36. The number of nitrogens with one attached hydrogen (secondary N) is 1. The van der Waals surface area contributed by atoms with Gasteiger partial charge in [-0.15, -0.1) is 0 Å². The van der Waals surface area contributed by atoms with Crippen LogP contribution in [0.25, 0.3) is 0 Å². The van der Waals surface area contributed by atoms with Crippen molar-refractivity contribution in [3.8, 4) is 0 Å². The van der Waals surface area contributed by atoms with Gasteiger partial charge in [0.05, 0.1) is 0 Å². The van der Waals surface area contributed by atoms with Crippen LogP contribution in [-0.2, 0) is 10.2 Å². The maximum Gasteiger partial charge on any atom is 0.254 e. The largest absolute Gasteiger partial charge is 0.328 e. The number of amides is 2. The Morgan fingerprint density at radius 1 is 1.42 bits per heavy atom. The highest BCUT2D eigenvalue weighted by Gasteiger charge is 2.61. The zero-order chi connectivity index (χ0) is 18.5. The topological polar surface area (TPSA) is 75.2 Å². The van der Waals surface area contributed by atoms with Crippen molar-refractivity contribution in [1.82, 2.24) is 14.9 Å². The van der Waals surface area contributed by atoms with E-state index in [0.29, 0.717) is 12.0 Å². The SMILES string of the molecule is Cc1cnc(NC(=O)CN2CC3(CC3F)c3cc(Br)ccc3C2=O)nc1. The number of aryl methyl sites for hydroxylation is 1. The Morgan fingerprint density at radius 2 is 2.12 bits per heavy atom. The number of halogens is 2. The van der Waals surface area contributed by atoms with Crippen LogP contribution in [0.3, 0.4) is 0 Å². The van der Waals surface area contributed by atoms with E-state index in [2.05, 4.69) is 31.2 Å². The number of alkyl halides is 1. The number of hydrogen-bond donors (Lipinski definition) is 1. The highest BCUT2D eigenvalue weighted by molar-refractivity contribution is 9.10. The van der Waals surface area contributed by atoms with Gasteiger partial charge < -0.3 is 4.90 Å². The summed E-state index contributed by atoms with van der Waals surface area (Å²) < 4.78 is 15.0. The van der Waals surface area contributed by atoms with Crippen molar-refractivity contribution < 1.29 is 14.0 Å². The first-order valence-electron chi connectivity index (χ1n) is 8.21. The molecule has 26 heavy (non-hydrogen) atoms. The molecule has 1 spiro atoms. The summed E-state index contributed by atoms with van der Waals surface area (Å²) in [7, 11) is 0. The van der Waals surface area contributed by atoms with E-state index in [1.54, 1.807) is 24.5 Å². The number of hydrogen-bond acceptors (Lipinski definition) is 4. The van der Waals surface area contributed by atoms with E-state index in [1.165, 1.54) is 4.90 Å². The molecule has 1 N–H and O–H groups in total. The van der Waals surface area contributed by atoms with Crippen molar-refractivity contribution in [1.29, 1.82) is 0 Å². The van der Waals surface area contributed by atoms with E-state index in [9.17, 15) is 14.0 Å². The van der Waals surface area contributed by atoms with Gasteiger partial charge in [0, 0.05) is 34.4 Å². The average Bonchev–Trinajstić information content (AvgIpc) is 3.25. The zero-order valence-electron chi connectivity index (χ0n) is 14.0. The smallest absolute Gasteiger partial charge is 0.254 e. The van der Waals surface area contributed by atoms with Gasteiger partial charge in [-0.25, -0.2) is 14.4 Å². The first-order chi connectivity index (χ1) is 12.4. The van der Waals surface area contributed by atoms with Gasteiger partial charge in [-0.05, 0) is 42.7 Å². The normalized spacial score (nSPS) is 23.7. The van der Waals surface area contributed by atoms with Crippen LogP contribution >= 0.6 is 15.9 Å². The number of nitrogens with zero attached hydrogens (tertiary/aromatic N) is 3. The van der Waals surface area contributed by atoms with Crippen LogP contribution in [0.15, 0.2) is 35.1 Å². The molecule has 1 aromatic carbocycles. The molecule has 0 radical (unpaired) electrons. The van der Waals surface area contributed by atoms with E-state index < -0.39 is 17.5 Å². The lowest BCUT2D eigenvalue weighted by molar-refractivity contribution is -0.117. The van der Waals surface area contributed by atoms with Crippen LogP contribution in [0.4, 0.5) is 10.3 Å². The minimum absolute atomic E-state index is 0.167. The first kappa shape index (κ1) is 17.1. The molecule has 6 nitrogen and oxygen atoms in total. The Bertz CT molecular complexity index is 905. The standard InChI is InChI=1S/C18H16BrFN4O2/c1-10-6-21-17(22-7-10)23-15(25)8-24-9-18(5-14(18)20)13-4-11(19)2-3-12(13)16(24)26/h2-4,6-7,14H,5,8-9H2,1H3,(H,21,22,23,25). The quantitative estimate of drug-likeness (QED) is 0.830. The van der Waals surface area contributed by atoms with Gasteiger partial charge in [-0.1, -0.05) is 15.9 Å². The van der Waals surface area contributed by atoms with Crippen molar-refractivity contribution in [3.63, 3.8) is 0 Å². The molecular weight excluding hydrogens is 403 g/mol. The Balaban J connectivity index is 1.54. The lowest BCUT2D eigenvalue weighted by Crippen LogP contribution is -2.47. The van der Waals surface area contributed by atoms with E-state index in [-0.39, 0.29) is 24.9 Å². The summed E-state index contributed by atoms with van der Waals surface area (Å²) >= 11 is 3.38. The molecule has 0 saturated heterocycles. The van der Waals surface area contributed by atoms with Crippen LogP contribution in [0, 0.1) is 6.92 Å². The van der Waals surface area contributed by atoms with Crippen LogP contribution in [0.1, 0.15) is 27.9 Å². The molecule has 1 aliphatic carbocycles. The van der Waals surface area contributed by atoms with E-state index in [1.807, 2.05) is 13.0 Å². The molecule has 4 rings (SSSR count). The molecule has 0 bridgehead atoms. The second-order valence-corrected chi connectivity index (χ2v) is 7.73. The lowest BCUT2D eigenvalue weighted by Gasteiger charge is -2.34. The molecular formula is C18H16BrFN4O2. The van der Waals surface area contributed by atoms with Gasteiger partial charge >= 0.3 is 0 Å². The first-order valence-corrected chi connectivity index (χ1v) is 9.00. The summed E-state index contributed by atoms with van der Waals surface area (Å²) in [5.74, 6) is -0.495. The maximum atomic E-state index is 14.2. The lowest BCUT2D eigenvalue weighted by atomic mass is 9.86. The Kier molecular flexibility index (Phi) is 4.02. The Morgan fingerprint density at radius 3 is 2.77 bits per heavy atom. The molecule has 2 aliphatic rings. The molecule has 2 unspecified atom stereocenters. The van der Waals surface area contributed by atoms with Gasteiger partial charge in [0.25, 0.3) is 5.91 Å². The average molecular weight is 419 g/mol. The third-order valence-corrected chi connectivity index (χ3v) is 5.35. The summed E-state index contributed by atoms with van der Waals surface area (Å²) in [4.78, 5) is 34.5. The van der Waals surface area contributed by atoms with E-state index in [0.717, 1.165) is 15.6 Å². The highest BCUT2D eigenvalue weighted by atomic mass is 79.9. The molecule has 2 amide bonds. The second kappa shape index (κ2) is 6.12. The zero-order valence-corrected chi connectivity index (χ0v) is 15.6. The van der Waals surface area contributed by atoms with Gasteiger partial charge in [0.15, 0.2) is 0 Å². The number of anilines is 1. The van der Waals surface area contributed by atoms with Gasteiger partial charge in [0.2, 0.25) is 11.9 Å². The number of carbonyl (C=O) groups excluding carboxylic acids is 2. The van der Waals surface area contributed by atoms with Crippen LogP contribution < -0.4 is 5.32 Å². The number of fused-ring (bicyclic) bond motifs is 2. The van der Waals surface area contributed by atoms with Crippen molar-refractivity contribution >= 4 is 33.7 Å². The van der Waals surface area contributed by atoms with E-state index in [4.69, 9.17) is 0 Å². The fourth-order valence-electron chi connectivity index (χ4n) is 3.41. The van der Waals surface area contributed by atoms with Crippen molar-refractivity contribution in [3.05, 3.63) is 51.8 Å². The molecule has 2 aromatic rings. The maximum absolute atomic E-state index is 14.2. The number of carbonyl (C=O) groups is 2. The van der Waals surface area contributed by atoms with Gasteiger partial charge in [-0.2, -0.15) is 0 Å². The Hall–Kier alpha value is -2.35. The molecule has 2 atom stereocenters. The fraction of sp³-hybridized carbons (Fsp3) is 0.333. The van der Waals surface area contributed by atoms with Crippen LogP contribution in [-0.4, -0.2) is 45.9 Å². The molecule has 1 aromatic heterocycles. The molecule has 1 saturated carbocycles. The fourth-order valence-corrected chi connectivity index (χ4v) is 3.77. The second-order valence-electron chi connectivity index (χ2n) is 6.81. The molecule has 1 fully saturated rings. The minimum atomic E-state index is -1.00.